The Balaban J connectivity index is 1.82. The van der Waals surface area contributed by atoms with Crippen molar-refractivity contribution in [1.82, 2.24) is 10.2 Å². The fraction of sp³-hybridized carbons (Fsp3) is 0.235. The minimum atomic E-state index is -4.42. The number of halogens is 1. The summed E-state index contributed by atoms with van der Waals surface area (Å²) in [4.78, 5) is 40.2. The summed E-state index contributed by atoms with van der Waals surface area (Å²) >= 11 is 0. The average molecular weight is 647 g/mol. The molecule has 1 atom stereocenters. The molecule has 0 aliphatic carbocycles. The molecule has 10 nitrogen and oxygen atoms in total. The van der Waals surface area contributed by atoms with Gasteiger partial charge in [-0.25, -0.2) is 12.8 Å². The molecule has 0 saturated heterocycles. The number of nitrogens with zero attached hydrogens (tertiary/aromatic N) is 3. The summed E-state index contributed by atoms with van der Waals surface area (Å²) in [5.74, 6) is -1.55. The van der Waals surface area contributed by atoms with Crippen LogP contribution in [0.15, 0.2) is 114 Å². The van der Waals surface area contributed by atoms with Gasteiger partial charge in [0.2, 0.25) is 11.8 Å². The van der Waals surface area contributed by atoms with Gasteiger partial charge in [-0.05, 0) is 47.4 Å². The third kappa shape index (κ3) is 8.75. The minimum Gasteiger partial charge on any atom is -0.354 e. The molecule has 0 aliphatic heterocycles. The number of non-ortho nitro benzene ring substituents is 1. The van der Waals surface area contributed by atoms with Crippen LogP contribution in [0.5, 0.6) is 0 Å². The average Bonchev–Trinajstić information content (AvgIpc) is 3.05. The quantitative estimate of drug-likeness (QED) is 0.145. The van der Waals surface area contributed by atoms with Gasteiger partial charge in [-0.3, -0.25) is 24.0 Å². The van der Waals surface area contributed by atoms with Gasteiger partial charge in [0.15, 0.2) is 0 Å². The van der Waals surface area contributed by atoms with Crippen molar-refractivity contribution in [1.29, 1.82) is 0 Å². The van der Waals surface area contributed by atoms with Gasteiger partial charge in [0.25, 0.3) is 15.7 Å². The molecule has 0 bridgehead atoms. The predicted octanol–water partition coefficient (Wildman–Crippen LogP) is 5.34. The first-order valence-electron chi connectivity index (χ1n) is 14.6. The van der Waals surface area contributed by atoms with Gasteiger partial charge in [0.05, 0.1) is 15.5 Å². The van der Waals surface area contributed by atoms with Gasteiger partial charge in [0.1, 0.15) is 18.4 Å². The molecule has 0 aromatic heterocycles. The van der Waals surface area contributed by atoms with Crippen LogP contribution in [-0.2, 0) is 32.6 Å². The molecule has 0 fully saturated rings. The van der Waals surface area contributed by atoms with Crippen molar-refractivity contribution in [3.8, 4) is 0 Å². The lowest BCUT2D eigenvalue weighted by atomic mass is 10.0. The van der Waals surface area contributed by atoms with E-state index in [-0.39, 0.29) is 35.2 Å². The van der Waals surface area contributed by atoms with Crippen LogP contribution in [0.1, 0.15) is 25.0 Å². The standard InChI is InChI=1S/C34H35FN4O6S/c1-25(2)22-36-34(41)32(20-26-10-5-3-6-11-26)37(23-27-16-18-28(35)19-17-27)33(40)24-38(29-12-9-13-30(21-29)39(42)43)46(44,45)31-14-7-4-8-15-31/h3-19,21,25,32H,20,22-24H2,1-2H3,(H,36,41)/t32-/m1/s1. The molecule has 0 spiro atoms. The first-order valence-corrected chi connectivity index (χ1v) is 16.1. The number of carbonyl (C=O) groups is 2. The highest BCUT2D eigenvalue weighted by Crippen LogP contribution is 2.28. The molecule has 4 aromatic carbocycles. The van der Waals surface area contributed by atoms with Crippen molar-refractivity contribution in [2.24, 2.45) is 5.92 Å². The number of nitrogens with one attached hydrogen (secondary N) is 1. The van der Waals surface area contributed by atoms with E-state index in [1.165, 1.54) is 71.6 Å². The summed E-state index contributed by atoms with van der Waals surface area (Å²) in [6.07, 6.45) is 0.111. The number of hydrogen-bond acceptors (Lipinski definition) is 6. The van der Waals surface area contributed by atoms with Crippen molar-refractivity contribution in [3.05, 3.63) is 136 Å². The third-order valence-corrected chi connectivity index (χ3v) is 8.95. The molecule has 1 N–H and O–H groups in total. The predicted molar refractivity (Wildman–Crippen MR) is 173 cm³/mol. The van der Waals surface area contributed by atoms with Crippen LogP contribution in [-0.4, -0.2) is 49.2 Å². The van der Waals surface area contributed by atoms with Gasteiger partial charge in [-0.1, -0.05) is 80.6 Å². The Morgan fingerprint density at radius 3 is 2.11 bits per heavy atom. The topological polar surface area (TPSA) is 130 Å². The number of amides is 2. The molecule has 0 saturated carbocycles. The second-order valence-electron chi connectivity index (χ2n) is 11.1. The summed E-state index contributed by atoms with van der Waals surface area (Å²) in [5, 5.41) is 14.5. The van der Waals surface area contributed by atoms with Crippen molar-refractivity contribution < 1.29 is 27.3 Å². The highest BCUT2D eigenvalue weighted by atomic mass is 32.2. The summed E-state index contributed by atoms with van der Waals surface area (Å²) in [5.41, 5.74) is 0.808. The number of rotatable bonds is 14. The van der Waals surface area contributed by atoms with Crippen LogP contribution < -0.4 is 9.62 Å². The van der Waals surface area contributed by atoms with E-state index in [2.05, 4.69) is 5.32 Å². The SMILES string of the molecule is CC(C)CNC(=O)[C@@H](Cc1ccccc1)N(Cc1ccc(F)cc1)C(=O)CN(c1cccc([N+](=O)[O-])c1)S(=O)(=O)c1ccccc1. The number of sulfonamides is 1. The zero-order valence-electron chi connectivity index (χ0n) is 25.5. The van der Waals surface area contributed by atoms with Crippen molar-refractivity contribution in [2.75, 3.05) is 17.4 Å². The number of anilines is 1. The molecule has 0 unspecified atom stereocenters. The molecule has 0 heterocycles. The fourth-order valence-electron chi connectivity index (χ4n) is 4.77. The lowest BCUT2D eigenvalue weighted by Crippen LogP contribution is -2.53. The number of hydrogen-bond donors (Lipinski definition) is 1. The molecule has 46 heavy (non-hydrogen) atoms. The zero-order valence-corrected chi connectivity index (χ0v) is 26.3. The second kappa shape index (κ2) is 15.3. The summed E-state index contributed by atoms with van der Waals surface area (Å²) < 4.78 is 42.6. The summed E-state index contributed by atoms with van der Waals surface area (Å²) in [7, 11) is -4.42. The maximum absolute atomic E-state index is 14.4. The highest BCUT2D eigenvalue weighted by molar-refractivity contribution is 7.92. The Morgan fingerprint density at radius 1 is 0.870 bits per heavy atom. The van der Waals surface area contributed by atoms with Crippen LogP contribution in [0, 0.1) is 21.8 Å². The lowest BCUT2D eigenvalue weighted by Gasteiger charge is -2.34. The second-order valence-corrected chi connectivity index (χ2v) is 13.0. The number of nitro benzene ring substituents is 1. The van der Waals surface area contributed by atoms with Gasteiger partial charge in [0, 0.05) is 31.6 Å². The summed E-state index contributed by atoms with van der Waals surface area (Å²) in [6.45, 7) is 3.28. The fourth-order valence-corrected chi connectivity index (χ4v) is 6.20. The molecule has 240 valence electrons. The van der Waals surface area contributed by atoms with Crippen LogP contribution in [0.25, 0.3) is 0 Å². The van der Waals surface area contributed by atoms with E-state index < -0.39 is 45.2 Å². The molecule has 0 radical (unpaired) electrons. The molecule has 12 heteroatoms. The first kappa shape index (κ1) is 33.8. The number of carbonyl (C=O) groups excluding carboxylic acids is 2. The molecule has 4 aromatic rings. The van der Waals surface area contributed by atoms with E-state index in [4.69, 9.17) is 0 Å². The van der Waals surface area contributed by atoms with Crippen LogP contribution in [0.3, 0.4) is 0 Å². The largest absolute Gasteiger partial charge is 0.354 e. The van der Waals surface area contributed by atoms with Crippen molar-refractivity contribution in [3.63, 3.8) is 0 Å². The van der Waals surface area contributed by atoms with Gasteiger partial charge < -0.3 is 10.2 Å². The zero-order chi connectivity index (χ0) is 33.3. The molecule has 2 amide bonds. The highest BCUT2D eigenvalue weighted by Gasteiger charge is 2.35. The van der Waals surface area contributed by atoms with E-state index >= 15 is 0 Å². The maximum Gasteiger partial charge on any atom is 0.271 e. The minimum absolute atomic E-state index is 0.1000. The normalized spacial score (nSPS) is 11.9. The van der Waals surface area contributed by atoms with Crippen LogP contribution in [0.4, 0.5) is 15.8 Å². The Bertz CT molecular complexity index is 1750. The van der Waals surface area contributed by atoms with Gasteiger partial charge in [-0.2, -0.15) is 0 Å². The van der Waals surface area contributed by atoms with Crippen molar-refractivity contribution in [2.45, 2.75) is 37.8 Å². The van der Waals surface area contributed by atoms with E-state index in [1.807, 2.05) is 32.0 Å². The van der Waals surface area contributed by atoms with Crippen LogP contribution >= 0.6 is 0 Å². The summed E-state index contributed by atoms with van der Waals surface area (Å²) in [6, 6.07) is 25.8. The monoisotopic (exact) mass is 646 g/mol. The van der Waals surface area contributed by atoms with E-state index in [9.17, 15) is 32.5 Å². The van der Waals surface area contributed by atoms with E-state index in [0.717, 1.165) is 15.9 Å². The Kier molecular flexibility index (Phi) is 11.2. The Hall–Kier alpha value is -5.10. The number of benzene rings is 4. The smallest absolute Gasteiger partial charge is 0.271 e. The molecular weight excluding hydrogens is 611 g/mol. The Labute approximate surface area is 267 Å². The maximum atomic E-state index is 14.4. The van der Waals surface area contributed by atoms with Gasteiger partial charge >= 0.3 is 0 Å². The number of nitro groups is 1. The first-order chi connectivity index (χ1) is 22.0. The lowest BCUT2D eigenvalue weighted by molar-refractivity contribution is -0.384. The molecule has 0 aliphatic rings. The molecular formula is C34H35FN4O6S. The van der Waals surface area contributed by atoms with E-state index in [0.29, 0.717) is 12.1 Å². The Morgan fingerprint density at radius 2 is 1.50 bits per heavy atom. The molecule has 4 rings (SSSR count). The van der Waals surface area contributed by atoms with Gasteiger partial charge in [-0.15, -0.1) is 0 Å². The third-order valence-electron chi connectivity index (χ3n) is 7.16. The van der Waals surface area contributed by atoms with Crippen molar-refractivity contribution >= 4 is 33.2 Å². The van der Waals surface area contributed by atoms with Crippen LogP contribution in [0.2, 0.25) is 0 Å². The van der Waals surface area contributed by atoms with E-state index in [1.54, 1.807) is 18.2 Å².